The van der Waals surface area contributed by atoms with Crippen LogP contribution in [0.15, 0.2) is 12.3 Å². The standard InChI is InChI=1S/C13H19F3N2O2/c1-3-10(2)18-6-4-11(17-18)8-12(19)5-7-20-9-13(14,15)16/h4,6,10H,3,5,7-9H2,1-2H3. The fourth-order valence-electron chi connectivity index (χ4n) is 1.57. The normalized spacial score (nSPS) is 13.4. The van der Waals surface area contributed by atoms with Gasteiger partial charge in [0.25, 0.3) is 0 Å². The van der Waals surface area contributed by atoms with Gasteiger partial charge >= 0.3 is 6.18 Å². The molecule has 0 aliphatic carbocycles. The SMILES string of the molecule is CCC(C)n1ccc(CC(=O)CCOCC(F)(F)F)n1. The van der Waals surface area contributed by atoms with Gasteiger partial charge in [0.2, 0.25) is 0 Å². The molecule has 0 fully saturated rings. The van der Waals surface area contributed by atoms with Crippen LogP contribution in [0.4, 0.5) is 13.2 Å². The van der Waals surface area contributed by atoms with Gasteiger partial charge in [-0.25, -0.2) is 0 Å². The summed E-state index contributed by atoms with van der Waals surface area (Å²) >= 11 is 0. The summed E-state index contributed by atoms with van der Waals surface area (Å²) in [7, 11) is 0. The van der Waals surface area contributed by atoms with Crippen molar-refractivity contribution in [3.05, 3.63) is 18.0 Å². The van der Waals surface area contributed by atoms with Crippen LogP contribution in [0.25, 0.3) is 0 Å². The van der Waals surface area contributed by atoms with E-state index in [1.54, 1.807) is 16.9 Å². The van der Waals surface area contributed by atoms with Crippen molar-refractivity contribution in [2.75, 3.05) is 13.2 Å². The van der Waals surface area contributed by atoms with E-state index < -0.39 is 12.8 Å². The first-order valence-corrected chi connectivity index (χ1v) is 6.52. The van der Waals surface area contributed by atoms with Crippen molar-refractivity contribution in [2.45, 2.75) is 45.3 Å². The number of hydrogen-bond donors (Lipinski definition) is 0. The lowest BCUT2D eigenvalue weighted by Gasteiger charge is -2.08. The molecule has 0 saturated heterocycles. The van der Waals surface area contributed by atoms with Crippen molar-refractivity contribution in [1.82, 2.24) is 9.78 Å². The number of rotatable bonds is 8. The van der Waals surface area contributed by atoms with E-state index in [0.717, 1.165) is 6.42 Å². The minimum atomic E-state index is -4.35. The monoisotopic (exact) mass is 292 g/mol. The Morgan fingerprint density at radius 1 is 1.50 bits per heavy atom. The fraction of sp³-hybridized carbons (Fsp3) is 0.692. The van der Waals surface area contributed by atoms with Crippen LogP contribution in [0.2, 0.25) is 0 Å². The topological polar surface area (TPSA) is 44.1 Å². The molecule has 0 bridgehead atoms. The fourth-order valence-corrected chi connectivity index (χ4v) is 1.57. The van der Waals surface area contributed by atoms with Crippen LogP contribution in [0.3, 0.4) is 0 Å². The van der Waals surface area contributed by atoms with Crippen molar-refractivity contribution in [3.63, 3.8) is 0 Å². The molecule has 1 unspecified atom stereocenters. The molecule has 0 radical (unpaired) electrons. The van der Waals surface area contributed by atoms with E-state index in [0.29, 0.717) is 5.69 Å². The van der Waals surface area contributed by atoms with Gasteiger partial charge in [0.05, 0.1) is 18.7 Å². The Labute approximate surface area is 115 Å². The third-order valence-electron chi connectivity index (χ3n) is 2.88. The first-order chi connectivity index (χ1) is 9.31. The third-order valence-corrected chi connectivity index (χ3v) is 2.88. The van der Waals surface area contributed by atoms with E-state index in [9.17, 15) is 18.0 Å². The van der Waals surface area contributed by atoms with E-state index >= 15 is 0 Å². The van der Waals surface area contributed by atoms with Gasteiger partial charge < -0.3 is 4.74 Å². The lowest BCUT2D eigenvalue weighted by molar-refractivity contribution is -0.174. The van der Waals surface area contributed by atoms with Crippen molar-refractivity contribution in [3.8, 4) is 0 Å². The molecular weight excluding hydrogens is 273 g/mol. The molecular formula is C13H19F3N2O2. The Morgan fingerprint density at radius 2 is 2.20 bits per heavy atom. The quantitative estimate of drug-likeness (QED) is 0.692. The second-order valence-electron chi connectivity index (χ2n) is 4.68. The molecule has 0 saturated carbocycles. The average molecular weight is 292 g/mol. The van der Waals surface area contributed by atoms with Gasteiger partial charge in [0.15, 0.2) is 0 Å². The zero-order valence-electron chi connectivity index (χ0n) is 11.6. The largest absolute Gasteiger partial charge is 0.411 e. The number of nitrogens with zero attached hydrogens (tertiary/aromatic N) is 2. The van der Waals surface area contributed by atoms with Crippen LogP contribution in [0, 0.1) is 0 Å². The minimum Gasteiger partial charge on any atom is -0.372 e. The Kier molecular flexibility index (Phi) is 6.19. The maximum absolute atomic E-state index is 11.8. The highest BCUT2D eigenvalue weighted by molar-refractivity contribution is 5.80. The molecule has 0 amide bonds. The van der Waals surface area contributed by atoms with E-state index in [1.165, 1.54) is 0 Å². The molecule has 1 atom stereocenters. The van der Waals surface area contributed by atoms with Crippen LogP contribution >= 0.6 is 0 Å². The summed E-state index contributed by atoms with van der Waals surface area (Å²) in [6.07, 6.45) is -1.53. The van der Waals surface area contributed by atoms with Crippen LogP contribution in [-0.4, -0.2) is 35.0 Å². The van der Waals surface area contributed by atoms with Gasteiger partial charge in [-0.1, -0.05) is 6.92 Å². The van der Waals surface area contributed by atoms with Gasteiger partial charge in [-0.2, -0.15) is 18.3 Å². The van der Waals surface area contributed by atoms with Crippen LogP contribution in [-0.2, 0) is 16.0 Å². The zero-order valence-corrected chi connectivity index (χ0v) is 11.6. The van der Waals surface area contributed by atoms with Gasteiger partial charge in [-0.15, -0.1) is 0 Å². The van der Waals surface area contributed by atoms with Crippen molar-refractivity contribution in [2.24, 2.45) is 0 Å². The van der Waals surface area contributed by atoms with Gasteiger partial charge in [-0.05, 0) is 19.4 Å². The van der Waals surface area contributed by atoms with E-state index in [2.05, 4.69) is 9.84 Å². The smallest absolute Gasteiger partial charge is 0.372 e. The number of aromatic nitrogens is 2. The number of Topliss-reactive ketones (excluding diaryl/α,β-unsaturated/α-hetero) is 1. The molecule has 20 heavy (non-hydrogen) atoms. The van der Waals surface area contributed by atoms with Crippen molar-refractivity contribution < 1.29 is 22.7 Å². The molecule has 7 heteroatoms. The second-order valence-corrected chi connectivity index (χ2v) is 4.68. The Balaban J connectivity index is 2.30. The maximum atomic E-state index is 11.8. The lowest BCUT2D eigenvalue weighted by atomic mass is 10.2. The van der Waals surface area contributed by atoms with Gasteiger partial charge in [0.1, 0.15) is 12.4 Å². The summed E-state index contributed by atoms with van der Waals surface area (Å²) in [4.78, 5) is 11.6. The van der Waals surface area contributed by atoms with Crippen molar-refractivity contribution >= 4 is 5.78 Å². The van der Waals surface area contributed by atoms with Crippen LogP contribution in [0.5, 0.6) is 0 Å². The van der Waals surface area contributed by atoms with Gasteiger partial charge in [0, 0.05) is 18.7 Å². The molecule has 1 heterocycles. The molecule has 4 nitrogen and oxygen atoms in total. The second kappa shape index (κ2) is 7.42. The third kappa shape index (κ3) is 6.18. The summed E-state index contributed by atoms with van der Waals surface area (Å²) in [5.41, 5.74) is 0.631. The van der Waals surface area contributed by atoms with Crippen LogP contribution < -0.4 is 0 Å². The Hall–Kier alpha value is -1.37. The highest BCUT2D eigenvalue weighted by Crippen LogP contribution is 2.14. The average Bonchev–Trinajstić information content (AvgIpc) is 2.81. The highest BCUT2D eigenvalue weighted by Gasteiger charge is 2.27. The number of carbonyl (C=O) groups is 1. The molecule has 1 rings (SSSR count). The molecule has 1 aromatic rings. The molecule has 0 aliphatic heterocycles. The number of ether oxygens (including phenoxy) is 1. The first-order valence-electron chi connectivity index (χ1n) is 6.52. The molecule has 1 aromatic heterocycles. The van der Waals surface area contributed by atoms with E-state index in [4.69, 9.17) is 0 Å². The zero-order chi connectivity index (χ0) is 15.2. The summed E-state index contributed by atoms with van der Waals surface area (Å²) < 4.78 is 41.6. The number of carbonyl (C=O) groups excluding carboxylic acids is 1. The van der Waals surface area contributed by atoms with Crippen LogP contribution in [0.1, 0.15) is 38.4 Å². The molecule has 0 aromatic carbocycles. The number of hydrogen-bond acceptors (Lipinski definition) is 3. The Morgan fingerprint density at radius 3 is 2.80 bits per heavy atom. The predicted molar refractivity (Wildman–Crippen MR) is 67.4 cm³/mol. The lowest BCUT2D eigenvalue weighted by Crippen LogP contribution is -2.18. The van der Waals surface area contributed by atoms with E-state index in [-0.39, 0.29) is 31.3 Å². The number of alkyl halides is 3. The van der Waals surface area contributed by atoms with Gasteiger partial charge in [-0.3, -0.25) is 9.48 Å². The molecule has 0 aliphatic rings. The summed E-state index contributed by atoms with van der Waals surface area (Å²) in [6.45, 7) is 2.52. The summed E-state index contributed by atoms with van der Waals surface area (Å²) in [5.74, 6) is -0.179. The first kappa shape index (κ1) is 16.7. The summed E-state index contributed by atoms with van der Waals surface area (Å²) in [5, 5.41) is 4.26. The Bertz CT molecular complexity index is 429. The molecule has 0 N–H and O–H groups in total. The predicted octanol–water partition coefficient (Wildman–Crippen LogP) is 2.93. The van der Waals surface area contributed by atoms with E-state index in [1.807, 2.05) is 13.8 Å². The minimum absolute atomic E-state index is 0.0354. The number of ketones is 1. The maximum Gasteiger partial charge on any atom is 0.411 e. The number of halogens is 3. The summed E-state index contributed by atoms with van der Waals surface area (Å²) in [6, 6.07) is 2.01. The molecule has 0 spiro atoms. The highest BCUT2D eigenvalue weighted by atomic mass is 19.4. The molecule has 114 valence electrons. The van der Waals surface area contributed by atoms with Crippen molar-refractivity contribution in [1.29, 1.82) is 0 Å².